The number of ether oxygens (including phenoxy) is 2. The van der Waals surface area contributed by atoms with Crippen molar-refractivity contribution < 1.29 is 42.1 Å². The molecule has 304 valence electrons. The van der Waals surface area contributed by atoms with E-state index in [0.717, 1.165) is 38.5 Å². The molecule has 0 saturated heterocycles. The second-order valence-electron chi connectivity index (χ2n) is 15.3. The quantitative estimate of drug-likeness (QED) is 0.0264. The number of esters is 2. The van der Waals surface area contributed by atoms with E-state index in [1.54, 1.807) is 6.92 Å². The van der Waals surface area contributed by atoms with Gasteiger partial charge in [-0.05, 0) is 19.8 Å². The van der Waals surface area contributed by atoms with E-state index in [4.69, 9.17) is 14.0 Å². The average Bonchev–Trinajstić information content (AvgIpc) is 3.07. The Labute approximate surface area is 314 Å². The molecule has 0 rings (SSSR count). The summed E-state index contributed by atoms with van der Waals surface area (Å²) in [4.78, 5) is 37.2. The van der Waals surface area contributed by atoms with E-state index in [-0.39, 0.29) is 31.8 Å². The SMILES string of the molecule is CCCCCCCCCCCCCCCC(=O)OCC(C[N+](C)(C)CCOP(=O)([O-])OCC)OC(=O)CCCCCCCCCCCCCCC. The van der Waals surface area contributed by atoms with E-state index in [0.29, 0.717) is 30.4 Å². The fourth-order valence-corrected chi connectivity index (χ4v) is 7.13. The third kappa shape index (κ3) is 35.8. The first kappa shape index (κ1) is 50.0. The van der Waals surface area contributed by atoms with E-state index in [1.165, 1.54) is 128 Å². The minimum absolute atomic E-state index is 0.0108. The van der Waals surface area contributed by atoms with Gasteiger partial charge in [0.15, 0.2) is 6.10 Å². The summed E-state index contributed by atoms with van der Waals surface area (Å²) in [5.41, 5.74) is 0. The Hall–Kier alpha value is -0.990. The Bertz CT molecular complexity index is 856. The molecule has 0 radical (unpaired) electrons. The topological polar surface area (TPSA) is 111 Å². The molecular weight excluding hydrogens is 665 g/mol. The van der Waals surface area contributed by atoms with Crippen LogP contribution in [-0.4, -0.2) is 69.5 Å². The first-order valence-electron chi connectivity index (χ1n) is 21.3. The smallest absolute Gasteiger partial charge is 0.306 e. The first-order valence-corrected chi connectivity index (χ1v) is 22.8. The van der Waals surface area contributed by atoms with Gasteiger partial charge in [0.05, 0.1) is 20.7 Å². The van der Waals surface area contributed by atoms with Crippen LogP contribution >= 0.6 is 7.82 Å². The van der Waals surface area contributed by atoms with Gasteiger partial charge in [-0.3, -0.25) is 14.2 Å². The van der Waals surface area contributed by atoms with Gasteiger partial charge in [-0.15, -0.1) is 0 Å². The normalized spacial score (nSPS) is 13.6. The number of rotatable bonds is 39. The number of quaternary nitrogens is 1. The van der Waals surface area contributed by atoms with Gasteiger partial charge in [-0.25, -0.2) is 0 Å². The Morgan fingerprint density at radius 1 is 0.569 bits per heavy atom. The molecule has 0 aromatic rings. The van der Waals surface area contributed by atoms with E-state index >= 15 is 0 Å². The van der Waals surface area contributed by atoms with Gasteiger partial charge in [0.1, 0.15) is 26.3 Å². The highest BCUT2D eigenvalue weighted by Gasteiger charge is 2.27. The Morgan fingerprint density at radius 3 is 1.33 bits per heavy atom. The van der Waals surface area contributed by atoms with Crippen molar-refractivity contribution in [2.75, 3.05) is 47.0 Å². The third-order valence-corrected chi connectivity index (χ3v) is 10.7. The lowest BCUT2D eigenvalue weighted by molar-refractivity contribution is -0.893. The molecule has 2 unspecified atom stereocenters. The molecule has 0 N–H and O–H groups in total. The summed E-state index contributed by atoms with van der Waals surface area (Å²) in [6.07, 6.45) is 32.4. The molecule has 10 heteroatoms. The van der Waals surface area contributed by atoms with Gasteiger partial charge < -0.3 is 27.9 Å². The molecule has 0 heterocycles. The number of carbonyl (C=O) groups excluding carboxylic acids is 2. The number of carbonyl (C=O) groups is 2. The van der Waals surface area contributed by atoms with Crippen LogP contribution in [0.15, 0.2) is 0 Å². The zero-order valence-electron chi connectivity index (χ0n) is 34.1. The number of likely N-dealkylation sites (N-methyl/N-ethyl adjacent to an activating group) is 1. The van der Waals surface area contributed by atoms with Gasteiger partial charge >= 0.3 is 11.9 Å². The number of nitrogens with zero attached hydrogens (tertiary/aromatic N) is 1. The molecule has 0 aliphatic heterocycles. The Kier molecular flexibility index (Phi) is 34.1. The predicted molar refractivity (Wildman–Crippen MR) is 208 cm³/mol. The van der Waals surface area contributed by atoms with E-state index in [9.17, 15) is 19.0 Å². The van der Waals surface area contributed by atoms with Gasteiger partial charge in [-0.2, -0.15) is 0 Å². The molecule has 9 nitrogen and oxygen atoms in total. The van der Waals surface area contributed by atoms with Crippen LogP contribution in [-0.2, 0) is 32.7 Å². The lowest BCUT2D eigenvalue weighted by Crippen LogP contribution is -2.49. The molecule has 0 aliphatic rings. The molecule has 0 bridgehead atoms. The van der Waals surface area contributed by atoms with E-state index < -0.39 is 13.9 Å². The first-order chi connectivity index (χ1) is 24.5. The lowest BCUT2D eigenvalue weighted by atomic mass is 10.0. The molecular formula is C41H82NO8P. The second-order valence-corrected chi connectivity index (χ2v) is 16.7. The van der Waals surface area contributed by atoms with Gasteiger partial charge in [0, 0.05) is 12.8 Å². The van der Waals surface area contributed by atoms with Gasteiger partial charge in [0.25, 0.3) is 7.82 Å². The van der Waals surface area contributed by atoms with E-state index in [1.807, 2.05) is 14.1 Å². The largest absolute Gasteiger partial charge is 0.756 e. The van der Waals surface area contributed by atoms with Crippen LogP contribution in [0.2, 0.25) is 0 Å². The Morgan fingerprint density at radius 2 is 0.941 bits per heavy atom. The standard InChI is InChI=1S/C41H82NO8P/c1-6-9-11-13-15-17-19-21-23-25-27-29-31-33-40(43)47-38-39(37-42(4,5)35-36-49-51(45,46)48-8-3)50-41(44)34-32-30-28-26-24-22-20-18-16-14-12-10-7-2/h39H,6-38H2,1-5H3. The van der Waals surface area contributed by atoms with Crippen LogP contribution in [0.5, 0.6) is 0 Å². The second kappa shape index (κ2) is 34.8. The average molecular weight is 748 g/mol. The maximum Gasteiger partial charge on any atom is 0.306 e. The van der Waals surface area contributed by atoms with Crippen molar-refractivity contribution in [2.24, 2.45) is 0 Å². The Balaban J connectivity index is 4.47. The number of unbranched alkanes of at least 4 members (excludes halogenated alkanes) is 24. The van der Waals surface area contributed by atoms with Crippen LogP contribution in [0.25, 0.3) is 0 Å². The maximum atomic E-state index is 12.8. The lowest BCUT2D eigenvalue weighted by Gasteiger charge is -2.33. The summed E-state index contributed by atoms with van der Waals surface area (Å²) < 4.78 is 33.2. The molecule has 0 spiro atoms. The summed E-state index contributed by atoms with van der Waals surface area (Å²) in [6, 6.07) is 0. The molecule has 0 aromatic heterocycles. The highest BCUT2D eigenvalue weighted by atomic mass is 31.2. The molecule has 51 heavy (non-hydrogen) atoms. The number of phosphoric ester groups is 1. The van der Waals surface area contributed by atoms with Crippen LogP contribution in [0, 0.1) is 0 Å². The monoisotopic (exact) mass is 748 g/mol. The highest BCUT2D eigenvalue weighted by Crippen LogP contribution is 2.37. The zero-order valence-corrected chi connectivity index (χ0v) is 35.0. The van der Waals surface area contributed by atoms with Crippen molar-refractivity contribution in [1.82, 2.24) is 0 Å². The van der Waals surface area contributed by atoms with Gasteiger partial charge in [0.2, 0.25) is 0 Å². The predicted octanol–water partition coefficient (Wildman–Crippen LogP) is 11.0. The van der Waals surface area contributed by atoms with Crippen molar-refractivity contribution in [3.63, 3.8) is 0 Å². The fraction of sp³-hybridized carbons (Fsp3) is 0.951. The van der Waals surface area contributed by atoms with Crippen LogP contribution in [0.3, 0.4) is 0 Å². The van der Waals surface area contributed by atoms with Gasteiger partial charge in [-0.1, -0.05) is 168 Å². The van der Waals surface area contributed by atoms with Crippen molar-refractivity contribution in [3.8, 4) is 0 Å². The molecule has 0 amide bonds. The van der Waals surface area contributed by atoms with Crippen molar-refractivity contribution in [2.45, 2.75) is 207 Å². The molecule has 2 atom stereocenters. The summed E-state index contributed by atoms with van der Waals surface area (Å²) >= 11 is 0. The molecule has 0 saturated carbocycles. The fourth-order valence-electron chi connectivity index (χ4n) is 6.44. The van der Waals surface area contributed by atoms with Crippen LogP contribution in [0.1, 0.15) is 201 Å². The summed E-state index contributed by atoms with van der Waals surface area (Å²) in [7, 11) is -0.529. The minimum atomic E-state index is -4.34. The molecule has 0 aliphatic carbocycles. The molecule has 0 fully saturated rings. The summed E-state index contributed by atoms with van der Waals surface area (Å²) in [6.45, 7) is 6.74. The van der Waals surface area contributed by atoms with Crippen LogP contribution in [0.4, 0.5) is 0 Å². The zero-order chi connectivity index (χ0) is 37.9. The summed E-state index contributed by atoms with van der Waals surface area (Å²) in [5, 5.41) is 0. The van der Waals surface area contributed by atoms with E-state index in [2.05, 4.69) is 18.4 Å². The van der Waals surface area contributed by atoms with Crippen molar-refractivity contribution >= 4 is 19.8 Å². The van der Waals surface area contributed by atoms with Crippen LogP contribution < -0.4 is 4.89 Å². The third-order valence-electron chi connectivity index (χ3n) is 9.63. The summed E-state index contributed by atoms with van der Waals surface area (Å²) in [5.74, 6) is -0.555. The van der Waals surface area contributed by atoms with Crippen molar-refractivity contribution in [1.29, 1.82) is 0 Å². The highest BCUT2D eigenvalue weighted by molar-refractivity contribution is 7.45. The minimum Gasteiger partial charge on any atom is -0.756 e. The van der Waals surface area contributed by atoms with Crippen molar-refractivity contribution in [3.05, 3.63) is 0 Å². The number of hydrogen-bond donors (Lipinski definition) is 0. The number of phosphoric acid groups is 1. The maximum absolute atomic E-state index is 12.8. The number of hydrogen-bond acceptors (Lipinski definition) is 8. The molecule has 0 aromatic carbocycles.